The third-order valence-electron chi connectivity index (χ3n) is 3.60. The molecular formula is C18H28N2O. The molecule has 1 rings (SSSR count). The number of hydrogen-bond donors (Lipinski definition) is 1. The molecule has 0 bridgehead atoms. The highest BCUT2D eigenvalue weighted by Gasteiger charge is 2.15. The Morgan fingerprint density at radius 1 is 1.29 bits per heavy atom. The molecular weight excluding hydrogens is 260 g/mol. The number of nitrogens with zero attached hydrogens (tertiary/aromatic N) is 1. The summed E-state index contributed by atoms with van der Waals surface area (Å²) in [7, 11) is 0. The van der Waals surface area contributed by atoms with E-state index in [9.17, 15) is 0 Å². The van der Waals surface area contributed by atoms with E-state index < -0.39 is 0 Å². The predicted molar refractivity (Wildman–Crippen MR) is 87.3 cm³/mol. The van der Waals surface area contributed by atoms with E-state index in [2.05, 4.69) is 37.4 Å². The summed E-state index contributed by atoms with van der Waals surface area (Å²) < 4.78 is 5.73. The first-order chi connectivity index (χ1) is 9.98. The highest BCUT2D eigenvalue weighted by molar-refractivity contribution is 5.28. The fourth-order valence-corrected chi connectivity index (χ4v) is 2.09. The molecule has 0 fully saturated rings. The van der Waals surface area contributed by atoms with Gasteiger partial charge in [-0.1, -0.05) is 19.1 Å². The highest BCUT2D eigenvalue weighted by atomic mass is 16.5. The smallest absolute Gasteiger partial charge is 0.119 e. The Bertz CT molecular complexity index is 445. The van der Waals surface area contributed by atoms with Crippen molar-refractivity contribution >= 4 is 0 Å². The van der Waals surface area contributed by atoms with Crippen LogP contribution in [0.15, 0.2) is 24.3 Å². The van der Waals surface area contributed by atoms with Gasteiger partial charge in [-0.3, -0.25) is 0 Å². The van der Waals surface area contributed by atoms with Crippen LogP contribution >= 0.6 is 0 Å². The quantitative estimate of drug-likeness (QED) is 0.682. The molecule has 3 heteroatoms. The topological polar surface area (TPSA) is 45.0 Å². The summed E-state index contributed by atoms with van der Waals surface area (Å²) in [6.07, 6.45) is 2.90. The van der Waals surface area contributed by atoms with Crippen LogP contribution in [0.25, 0.3) is 0 Å². The summed E-state index contributed by atoms with van der Waals surface area (Å²) >= 11 is 0. The zero-order valence-electron chi connectivity index (χ0n) is 13.8. The number of nitrogens with one attached hydrogen (secondary N) is 1. The van der Waals surface area contributed by atoms with Crippen molar-refractivity contribution in [3.8, 4) is 11.8 Å². The minimum absolute atomic E-state index is 0.256. The number of benzene rings is 1. The molecule has 1 atom stereocenters. The average molecular weight is 288 g/mol. The minimum Gasteiger partial charge on any atom is -0.494 e. The van der Waals surface area contributed by atoms with Crippen molar-refractivity contribution in [3.63, 3.8) is 0 Å². The molecule has 1 aromatic carbocycles. The maximum absolute atomic E-state index is 8.96. The standard InChI is InChI=1S/C18H28N2O/c1-5-12-20-15(2)16-7-9-17(10-8-16)21-13-6-11-18(3,4)14-19/h7-10,15,20H,5-6,11-13H2,1-4H3. The van der Waals surface area contributed by atoms with Crippen LogP contribution in [0.5, 0.6) is 5.75 Å². The van der Waals surface area contributed by atoms with Gasteiger partial charge in [0.1, 0.15) is 5.75 Å². The van der Waals surface area contributed by atoms with Gasteiger partial charge in [-0.15, -0.1) is 0 Å². The molecule has 116 valence electrons. The number of hydrogen-bond acceptors (Lipinski definition) is 3. The zero-order chi connectivity index (χ0) is 15.7. The first kappa shape index (κ1) is 17.5. The molecule has 0 aliphatic carbocycles. The molecule has 1 aromatic rings. The largest absolute Gasteiger partial charge is 0.494 e. The Kier molecular flexibility index (Phi) is 7.25. The molecule has 0 radical (unpaired) electrons. The maximum Gasteiger partial charge on any atom is 0.119 e. The Morgan fingerprint density at radius 3 is 2.52 bits per heavy atom. The predicted octanol–water partition coefficient (Wildman–Crippen LogP) is 4.46. The van der Waals surface area contributed by atoms with Gasteiger partial charge in [-0.2, -0.15) is 5.26 Å². The lowest BCUT2D eigenvalue weighted by atomic mass is 9.90. The van der Waals surface area contributed by atoms with E-state index in [4.69, 9.17) is 10.00 Å². The Balaban J connectivity index is 2.36. The first-order valence-corrected chi connectivity index (χ1v) is 7.86. The summed E-state index contributed by atoms with van der Waals surface area (Å²) in [5, 5.41) is 12.4. The second-order valence-electron chi connectivity index (χ2n) is 6.19. The number of nitriles is 1. The fourth-order valence-electron chi connectivity index (χ4n) is 2.09. The average Bonchev–Trinajstić information content (AvgIpc) is 2.50. The van der Waals surface area contributed by atoms with E-state index in [0.29, 0.717) is 12.6 Å². The van der Waals surface area contributed by atoms with Crippen LogP contribution in [-0.2, 0) is 0 Å². The molecule has 0 aliphatic rings. The van der Waals surface area contributed by atoms with Gasteiger partial charge in [-0.25, -0.2) is 0 Å². The van der Waals surface area contributed by atoms with Gasteiger partial charge in [0.25, 0.3) is 0 Å². The maximum atomic E-state index is 8.96. The van der Waals surface area contributed by atoms with Crippen LogP contribution in [0.4, 0.5) is 0 Å². The summed E-state index contributed by atoms with van der Waals surface area (Å²) in [5.74, 6) is 0.899. The van der Waals surface area contributed by atoms with Crippen LogP contribution < -0.4 is 10.1 Å². The second kappa shape index (κ2) is 8.69. The molecule has 3 nitrogen and oxygen atoms in total. The summed E-state index contributed by atoms with van der Waals surface area (Å²) in [5.41, 5.74) is 1.02. The molecule has 0 spiro atoms. The van der Waals surface area contributed by atoms with Gasteiger partial charge in [0.05, 0.1) is 18.1 Å². The summed E-state index contributed by atoms with van der Waals surface area (Å²) in [6, 6.07) is 11.0. The van der Waals surface area contributed by atoms with E-state index in [1.54, 1.807) is 0 Å². The Morgan fingerprint density at radius 2 is 1.95 bits per heavy atom. The van der Waals surface area contributed by atoms with Crippen molar-refractivity contribution in [1.82, 2.24) is 5.32 Å². The van der Waals surface area contributed by atoms with Crippen molar-refractivity contribution in [2.24, 2.45) is 5.41 Å². The van der Waals surface area contributed by atoms with E-state index >= 15 is 0 Å². The van der Waals surface area contributed by atoms with Crippen molar-refractivity contribution in [1.29, 1.82) is 5.26 Å². The van der Waals surface area contributed by atoms with Gasteiger partial charge in [0, 0.05) is 6.04 Å². The molecule has 0 amide bonds. The van der Waals surface area contributed by atoms with Gasteiger partial charge in [0.2, 0.25) is 0 Å². The molecule has 21 heavy (non-hydrogen) atoms. The lowest BCUT2D eigenvalue weighted by Crippen LogP contribution is -2.19. The Hall–Kier alpha value is -1.53. The summed E-state index contributed by atoms with van der Waals surface area (Å²) in [6.45, 7) is 9.97. The van der Waals surface area contributed by atoms with Gasteiger partial charge in [-0.05, 0) is 64.3 Å². The molecule has 0 saturated heterocycles. The third-order valence-corrected chi connectivity index (χ3v) is 3.60. The van der Waals surface area contributed by atoms with Crippen LogP contribution in [0.3, 0.4) is 0 Å². The lowest BCUT2D eigenvalue weighted by molar-refractivity contribution is 0.284. The van der Waals surface area contributed by atoms with Gasteiger partial charge in [0.15, 0.2) is 0 Å². The molecule has 1 unspecified atom stereocenters. The van der Waals surface area contributed by atoms with Crippen molar-refractivity contribution in [2.75, 3.05) is 13.2 Å². The van der Waals surface area contributed by atoms with Crippen molar-refractivity contribution in [2.45, 2.75) is 53.0 Å². The number of ether oxygens (including phenoxy) is 1. The van der Waals surface area contributed by atoms with Crippen molar-refractivity contribution < 1.29 is 4.74 Å². The normalized spacial score (nSPS) is 12.7. The Labute approximate surface area is 129 Å². The van der Waals surface area contributed by atoms with Crippen LogP contribution in [0, 0.1) is 16.7 Å². The number of rotatable bonds is 9. The molecule has 0 saturated carbocycles. The van der Waals surface area contributed by atoms with Crippen LogP contribution in [0.2, 0.25) is 0 Å². The van der Waals surface area contributed by atoms with Gasteiger partial charge < -0.3 is 10.1 Å². The fraction of sp³-hybridized carbons (Fsp3) is 0.611. The van der Waals surface area contributed by atoms with E-state index in [0.717, 1.165) is 31.6 Å². The first-order valence-electron chi connectivity index (χ1n) is 7.86. The monoisotopic (exact) mass is 288 g/mol. The molecule has 0 aliphatic heterocycles. The van der Waals surface area contributed by atoms with E-state index in [1.165, 1.54) is 5.56 Å². The molecule has 1 N–H and O–H groups in total. The molecule has 0 aromatic heterocycles. The zero-order valence-corrected chi connectivity index (χ0v) is 13.8. The van der Waals surface area contributed by atoms with Crippen molar-refractivity contribution in [3.05, 3.63) is 29.8 Å². The van der Waals surface area contributed by atoms with Crippen LogP contribution in [-0.4, -0.2) is 13.2 Å². The van der Waals surface area contributed by atoms with E-state index in [-0.39, 0.29) is 5.41 Å². The molecule has 0 heterocycles. The van der Waals surface area contributed by atoms with Crippen LogP contribution in [0.1, 0.15) is 58.6 Å². The van der Waals surface area contributed by atoms with E-state index in [1.807, 2.05) is 26.0 Å². The lowest BCUT2D eigenvalue weighted by Gasteiger charge is -2.16. The summed E-state index contributed by atoms with van der Waals surface area (Å²) in [4.78, 5) is 0. The third kappa shape index (κ3) is 6.64. The highest BCUT2D eigenvalue weighted by Crippen LogP contribution is 2.21. The SMILES string of the molecule is CCCNC(C)c1ccc(OCCCC(C)(C)C#N)cc1. The second-order valence-corrected chi connectivity index (χ2v) is 6.19. The van der Waals surface area contributed by atoms with Gasteiger partial charge >= 0.3 is 0 Å². The minimum atomic E-state index is -0.256.